The standard InChI is InChI=1S/C7H14N2S/c1-2-10-6-5-8-9-7-3-4-7/h5,7,9H,2-4,6H2,1H3/b8-5+. The molecule has 1 aliphatic carbocycles. The quantitative estimate of drug-likeness (QED) is 0.372. The monoisotopic (exact) mass is 158 g/mol. The molecule has 0 heterocycles. The predicted molar refractivity (Wildman–Crippen MR) is 47.6 cm³/mol. The zero-order valence-corrected chi connectivity index (χ0v) is 7.16. The Morgan fingerprint density at radius 3 is 3.10 bits per heavy atom. The average Bonchev–Trinajstić information content (AvgIpc) is 2.71. The number of hydrogen-bond donors (Lipinski definition) is 1. The largest absolute Gasteiger partial charge is 0.307 e. The van der Waals surface area contributed by atoms with Gasteiger partial charge in [-0.2, -0.15) is 16.9 Å². The molecule has 0 bridgehead atoms. The van der Waals surface area contributed by atoms with E-state index in [4.69, 9.17) is 0 Å². The van der Waals surface area contributed by atoms with E-state index in [1.807, 2.05) is 18.0 Å². The van der Waals surface area contributed by atoms with Crippen LogP contribution in [0.1, 0.15) is 19.8 Å². The van der Waals surface area contributed by atoms with Crippen LogP contribution in [0.25, 0.3) is 0 Å². The maximum atomic E-state index is 4.08. The van der Waals surface area contributed by atoms with Gasteiger partial charge < -0.3 is 5.43 Å². The molecule has 58 valence electrons. The van der Waals surface area contributed by atoms with Crippen LogP contribution in [0.2, 0.25) is 0 Å². The highest BCUT2D eigenvalue weighted by molar-refractivity contribution is 7.99. The van der Waals surface area contributed by atoms with Gasteiger partial charge in [0.25, 0.3) is 0 Å². The van der Waals surface area contributed by atoms with Gasteiger partial charge in [0.1, 0.15) is 0 Å². The lowest BCUT2D eigenvalue weighted by Crippen LogP contribution is -2.07. The summed E-state index contributed by atoms with van der Waals surface area (Å²) in [6, 6.07) is 0.697. The number of thioether (sulfide) groups is 1. The minimum Gasteiger partial charge on any atom is -0.307 e. The Kier molecular flexibility index (Phi) is 3.65. The fourth-order valence-corrected chi connectivity index (χ4v) is 0.994. The Morgan fingerprint density at radius 2 is 2.50 bits per heavy atom. The van der Waals surface area contributed by atoms with E-state index in [-0.39, 0.29) is 0 Å². The summed E-state index contributed by atoms with van der Waals surface area (Å²) >= 11 is 1.89. The van der Waals surface area contributed by atoms with Gasteiger partial charge in [-0.15, -0.1) is 0 Å². The fraction of sp³-hybridized carbons (Fsp3) is 0.857. The highest BCUT2D eigenvalue weighted by Crippen LogP contribution is 2.18. The maximum Gasteiger partial charge on any atom is 0.0441 e. The molecule has 1 fully saturated rings. The van der Waals surface area contributed by atoms with Crippen molar-refractivity contribution in [3.63, 3.8) is 0 Å². The molecular weight excluding hydrogens is 144 g/mol. The van der Waals surface area contributed by atoms with Crippen LogP contribution in [0.5, 0.6) is 0 Å². The highest BCUT2D eigenvalue weighted by Gasteiger charge is 2.19. The van der Waals surface area contributed by atoms with Crippen LogP contribution in [0, 0.1) is 0 Å². The molecule has 0 atom stereocenters. The second-order valence-corrected chi connectivity index (χ2v) is 3.69. The van der Waals surface area contributed by atoms with Crippen molar-refractivity contribution in [2.24, 2.45) is 5.10 Å². The molecule has 1 saturated carbocycles. The first-order valence-corrected chi connectivity index (χ1v) is 4.93. The van der Waals surface area contributed by atoms with E-state index in [0.717, 1.165) is 5.75 Å². The maximum absolute atomic E-state index is 4.08. The molecule has 0 aliphatic heterocycles. The molecule has 0 aromatic heterocycles. The molecule has 2 nitrogen and oxygen atoms in total. The molecule has 3 heteroatoms. The zero-order valence-electron chi connectivity index (χ0n) is 6.34. The summed E-state index contributed by atoms with van der Waals surface area (Å²) in [5.41, 5.74) is 3.07. The SMILES string of the molecule is CCSC/C=N/NC1CC1. The van der Waals surface area contributed by atoms with E-state index in [1.165, 1.54) is 18.6 Å². The predicted octanol–water partition coefficient (Wildman–Crippen LogP) is 1.48. The molecular formula is C7H14N2S. The molecule has 0 aromatic rings. The first-order chi connectivity index (χ1) is 4.93. The minimum atomic E-state index is 0.697. The summed E-state index contributed by atoms with van der Waals surface area (Å²) in [7, 11) is 0. The Bertz CT molecular complexity index is 110. The Morgan fingerprint density at radius 1 is 1.70 bits per heavy atom. The number of hydrazone groups is 1. The number of hydrogen-bond acceptors (Lipinski definition) is 3. The number of nitrogens with one attached hydrogen (secondary N) is 1. The third-order valence-electron chi connectivity index (χ3n) is 1.32. The third kappa shape index (κ3) is 3.77. The lowest BCUT2D eigenvalue weighted by molar-refractivity contribution is 0.741. The van der Waals surface area contributed by atoms with Gasteiger partial charge in [0.05, 0.1) is 0 Å². The van der Waals surface area contributed by atoms with Crippen molar-refractivity contribution in [2.45, 2.75) is 25.8 Å². The molecule has 1 aliphatic rings. The molecule has 0 amide bonds. The fourth-order valence-electron chi connectivity index (χ4n) is 0.578. The van der Waals surface area contributed by atoms with Crippen LogP contribution in [0.3, 0.4) is 0 Å². The lowest BCUT2D eigenvalue weighted by atomic mass is 10.8. The molecule has 1 N–H and O–H groups in total. The second kappa shape index (κ2) is 4.61. The summed E-state index contributed by atoms with van der Waals surface area (Å²) in [6.45, 7) is 2.16. The summed E-state index contributed by atoms with van der Waals surface area (Å²) in [5, 5.41) is 4.08. The van der Waals surface area contributed by atoms with Crippen molar-refractivity contribution < 1.29 is 0 Å². The first kappa shape index (κ1) is 7.92. The Hall–Kier alpha value is -0.180. The van der Waals surface area contributed by atoms with Gasteiger partial charge in [0.2, 0.25) is 0 Å². The van der Waals surface area contributed by atoms with E-state index in [1.54, 1.807) is 0 Å². The van der Waals surface area contributed by atoms with Crippen molar-refractivity contribution in [3.05, 3.63) is 0 Å². The Labute approximate surface area is 66.5 Å². The van der Waals surface area contributed by atoms with E-state index < -0.39 is 0 Å². The third-order valence-corrected chi connectivity index (χ3v) is 2.12. The van der Waals surface area contributed by atoms with E-state index in [9.17, 15) is 0 Å². The van der Waals surface area contributed by atoms with E-state index in [0.29, 0.717) is 6.04 Å². The van der Waals surface area contributed by atoms with Gasteiger partial charge in [-0.1, -0.05) is 6.92 Å². The summed E-state index contributed by atoms with van der Waals surface area (Å²) in [5.74, 6) is 2.21. The molecule has 1 rings (SSSR count). The van der Waals surface area contributed by atoms with Gasteiger partial charge in [0.15, 0.2) is 0 Å². The number of rotatable bonds is 5. The topological polar surface area (TPSA) is 24.4 Å². The molecule has 10 heavy (non-hydrogen) atoms. The molecule has 0 spiro atoms. The highest BCUT2D eigenvalue weighted by atomic mass is 32.2. The van der Waals surface area contributed by atoms with Gasteiger partial charge >= 0.3 is 0 Å². The molecule has 0 aromatic carbocycles. The van der Waals surface area contributed by atoms with E-state index >= 15 is 0 Å². The van der Waals surface area contributed by atoms with Gasteiger partial charge in [-0.3, -0.25) is 0 Å². The van der Waals surface area contributed by atoms with Crippen molar-refractivity contribution >= 4 is 18.0 Å². The van der Waals surface area contributed by atoms with Crippen molar-refractivity contribution in [2.75, 3.05) is 11.5 Å². The van der Waals surface area contributed by atoms with Crippen molar-refractivity contribution in [1.29, 1.82) is 0 Å². The van der Waals surface area contributed by atoms with Crippen molar-refractivity contribution in [1.82, 2.24) is 5.43 Å². The average molecular weight is 158 g/mol. The van der Waals surface area contributed by atoms with E-state index in [2.05, 4.69) is 17.5 Å². The molecule has 0 saturated heterocycles. The van der Waals surface area contributed by atoms with Crippen LogP contribution in [-0.4, -0.2) is 23.8 Å². The van der Waals surface area contributed by atoms with Crippen LogP contribution < -0.4 is 5.43 Å². The summed E-state index contributed by atoms with van der Waals surface area (Å²) in [4.78, 5) is 0. The van der Waals surface area contributed by atoms with Crippen LogP contribution >= 0.6 is 11.8 Å². The number of nitrogens with zero attached hydrogens (tertiary/aromatic N) is 1. The normalized spacial score (nSPS) is 18.1. The smallest absolute Gasteiger partial charge is 0.0441 e. The summed E-state index contributed by atoms with van der Waals surface area (Å²) in [6.07, 6.45) is 4.56. The van der Waals surface area contributed by atoms with Gasteiger partial charge in [-0.25, -0.2) is 0 Å². The van der Waals surface area contributed by atoms with Crippen LogP contribution in [0.4, 0.5) is 0 Å². The van der Waals surface area contributed by atoms with Crippen LogP contribution in [-0.2, 0) is 0 Å². The zero-order chi connectivity index (χ0) is 7.23. The van der Waals surface area contributed by atoms with Gasteiger partial charge in [-0.05, 0) is 18.6 Å². The molecule has 0 unspecified atom stereocenters. The van der Waals surface area contributed by atoms with Crippen molar-refractivity contribution in [3.8, 4) is 0 Å². The summed E-state index contributed by atoms with van der Waals surface area (Å²) < 4.78 is 0. The molecule has 0 radical (unpaired) electrons. The lowest BCUT2D eigenvalue weighted by Gasteiger charge is -1.92. The Balaban J connectivity index is 1.84. The minimum absolute atomic E-state index is 0.697. The first-order valence-electron chi connectivity index (χ1n) is 3.78. The second-order valence-electron chi connectivity index (χ2n) is 2.37. The van der Waals surface area contributed by atoms with Crippen LogP contribution in [0.15, 0.2) is 5.10 Å². The van der Waals surface area contributed by atoms with Gasteiger partial charge in [0, 0.05) is 18.0 Å².